The average molecular weight is 294 g/mol. The van der Waals surface area contributed by atoms with Crippen LogP contribution >= 0.6 is 11.6 Å². The molecule has 0 spiro atoms. The lowest BCUT2D eigenvalue weighted by Crippen LogP contribution is -2.11. The van der Waals surface area contributed by atoms with Gasteiger partial charge in [0.1, 0.15) is 0 Å². The number of benzene rings is 1. The topological polar surface area (TPSA) is 57.0 Å². The first-order valence-corrected chi connectivity index (χ1v) is 6.90. The molecule has 0 radical (unpaired) electrons. The third kappa shape index (κ3) is 2.99. The molecule has 0 saturated heterocycles. The first-order valence-electron chi connectivity index (χ1n) is 6.37. The van der Waals surface area contributed by atoms with Crippen molar-refractivity contribution in [3.8, 4) is 0 Å². The minimum Gasteiger partial charge on any atom is -0.461 e. The normalized spacial score (nSPS) is 10.6. The van der Waals surface area contributed by atoms with E-state index in [0.717, 1.165) is 11.1 Å². The number of aryl methyl sites for hydroxylation is 1. The van der Waals surface area contributed by atoms with Crippen LogP contribution in [0.25, 0.3) is 0 Å². The van der Waals surface area contributed by atoms with E-state index < -0.39 is 5.97 Å². The van der Waals surface area contributed by atoms with Crippen molar-refractivity contribution in [3.05, 3.63) is 46.8 Å². The summed E-state index contributed by atoms with van der Waals surface area (Å²) in [5, 5.41) is 7.89. The number of halogens is 1. The van der Waals surface area contributed by atoms with E-state index in [2.05, 4.69) is 10.3 Å². The molecule has 0 aliphatic carbocycles. The molecule has 0 aliphatic rings. The number of carbonyl (C=O) groups is 1. The summed E-state index contributed by atoms with van der Waals surface area (Å²) in [5.74, 6) is -0.327. The first-order chi connectivity index (χ1) is 9.67. The molecule has 106 valence electrons. The molecule has 6 heteroatoms. The van der Waals surface area contributed by atoms with Gasteiger partial charge in [-0.2, -0.15) is 0 Å². The van der Waals surface area contributed by atoms with E-state index in [1.807, 2.05) is 31.2 Å². The van der Waals surface area contributed by atoms with Crippen molar-refractivity contribution in [2.45, 2.75) is 26.3 Å². The highest BCUT2D eigenvalue weighted by atomic mass is 35.5. The minimum absolute atomic E-state index is 0.160. The molecular formula is C14H16ClN3O2. The quantitative estimate of drug-likeness (QED) is 0.628. The Bertz CT molecular complexity index is 610. The molecule has 0 aliphatic heterocycles. The zero-order chi connectivity index (χ0) is 14.5. The predicted molar refractivity (Wildman–Crippen MR) is 75.8 cm³/mol. The van der Waals surface area contributed by atoms with Gasteiger partial charge in [0, 0.05) is 0 Å². The highest BCUT2D eigenvalue weighted by molar-refractivity contribution is 6.17. The van der Waals surface area contributed by atoms with Crippen LogP contribution in [0, 0.1) is 6.92 Å². The van der Waals surface area contributed by atoms with E-state index in [1.165, 1.54) is 0 Å². The van der Waals surface area contributed by atoms with Crippen LogP contribution in [-0.4, -0.2) is 27.6 Å². The SMILES string of the molecule is CCOC(=O)c1nnn(Cc2ccccc2C)c1CCl. The van der Waals surface area contributed by atoms with E-state index in [9.17, 15) is 4.79 Å². The summed E-state index contributed by atoms with van der Waals surface area (Å²) < 4.78 is 6.58. The van der Waals surface area contributed by atoms with Crippen molar-refractivity contribution in [1.29, 1.82) is 0 Å². The van der Waals surface area contributed by atoms with E-state index >= 15 is 0 Å². The van der Waals surface area contributed by atoms with Crippen LogP contribution in [0.5, 0.6) is 0 Å². The summed E-state index contributed by atoms with van der Waals surface area (Å²) in [6, 6.07) is 7.98. The summed E-state index contributed by atoms with van der Waals surface area (Å²) >= 11 is 5.92. The van der Waals surface area contributed by atoms with Gasteiger partial charge in [-0.1, -0.05) is 29.5 Å². The van der Waals surface area contributed by atoms with Crippen LogP contribution in [0.1, 0.15) is 34.2 Å². The zero-order valence-electron chi connectivity index (χ0n) is 11.5. The van der Waals surface area contributed by atoms with Gasteiger partial charge in [-0.15, -0.1) is 16.7 Å². The van der Waals surface area contributed by atoms with Crippen LogP contribution in [0.3, 0.4) is 0 Å². The maximum Gasteiger partial charge on any atom is 0.360 e. The number of hydrogen-bond acceptors (Lipinski definition) is 4. The lowest BCUT2D eigenvalue weighted by molar-refractivity contribution is 0.0518. The molecule has 1 heterocycles. The molecule has 1 aromatic heterocycles. The zero-order valence-corrected chi connectivity index (χ0v) is 12.2. The summed E-state index contributed by atoms with van der Waals surface area (Å²) in [6.45, 7) is 4.60. The highest BCUT2D eigenvalue weighted by Crippen LogP contribution is 2.14. The third-order valence-electron chi connectivity index (χ3n) is 3.01. The van der Waals surface area contributed by atoms with Crippen LogP contribution in [0.15, 0.2) is 24.3 Å². The molecule has 0 saturated carbocycles. The maximum absolute atomic E-state index is 11.8. The Hall–Kier alpha value is -1.88. The Morgan fingerprint density at radius 1 is 1.40 bits per heavy atom. The number of alkyl halides is 1. The highest BCUT2D eigenvalue weighted by Gasteiger charge is 2.20. The molecule has 0 fully saturated rings. The monoisotopic (exact) mass is 293 g/mol. The number of aromatic nitrogens is 3. The van der Waals surface area contributed by atoms with E-state index in [-0.39, 0.29) is 11.6 Å². The third-order valence-corrected chi connectivity index (χ3v) is 3.27. The Balaban J connectivity index is 2.29. The Labute approximate surface area is 122 Å². The summed E-state index contributed by atoms with van der Waals surface area (Å²) in [4.78, 5) is 11.8. The van der Waals surface area contributed by atoms with Crippen LogP contribution in [0.4, 0.5) is 0 Å². The molecule has 0 atom stereocenters. The molecule has 20 heavy (non-hydrogen) atoms. The molecule has 0 amide bonds. The smallest absolute Gasteiger partial charge is 0.360 e. The summed E-state index contributed by atoms with van der Waals surface area (Å²) in [7, 11) is 0. The maximum atomic E-state index is 11.8. The van der Waals surface area contributed by atoms with Crippen LogP contribution < -0.4 is 0 Å². The number of carbonyl (C=O) groups excluding carboxylic acids is 1. The number of nitrogens with zero attached hydrogens (tertiary/aromatic N) is 3. The second-order valence-corrected chi connectivity index (χ2v) is 4.59. The standard InChI is InChI=1S/C14H16ClN3O2/c1-3-20-14(19)13-12(8-15)18(17-16-13)9-11-7-5-4-6-10(11)2/h4-7H,3,8-9H2,1-2H3. The fourth-order valence-electron chi connectivity index (χ4n) is 1.90. The lowest BCUT2D eigenvalue weighted by Gasteiger charge is -2.07. The van der Waals surface area contributed by atoms with E-state index in [0.29, 0.717) is 18.8 Å². The van der Waals surface area contributed by atoms with E-state index in [1.54, 1.807) is 11.6 Å². The molecule has 0 bridgehead atoms. The molecule has 2 aromatic rings. The van der Waals surface area contributed by atoms with Crippen molar-refractivity contribution >= 4 is 17.6 Å². The van der Waals surface area contributed by atoms with Crippen LogP contribution in [0.2, 0.25) is 0 Å². The second kappa shape index (κ2) is 6.52. The fraction of sp³-hybridized carbons (Fsp3) is 0.357. The molecule has 1 aromatic carbocycles. The average Bonchev–Trinajstić information content (AvgIpc) is 2.84. The van der Waals surface area contributed by atoms with Crippen molar-refractivity contribution in [2.75, 3.05) is 6.61 Å². The van der Waals surface area contributed by atoms with Gasteiger partial charge in [0.05, 0.1) is 24.7 Å². The number of esters is 1. The second-order valence-electron chi connectivity index (χ2n) is 4.32. The lowest BCUT2D eigenvalue weighted by atomic mass is 10.1. The van der Waals surface area contributed by atoms with Crippen molar-refractivity contribution < 1.29 is 9.53 Å². The van der Waals surface area contributed by atoms with Gasteiger partial charge < -0.3 is 4.74 Å². The molecule has 0 unspecified atom stereocenters. The van der Waals surface area contributed by atoms with Crippen molar-refractivity contribution in [1.82, 2.24) is 15.0 Å². The van der Waals surface area contributed by atoms with Gasteiger partial charge in [-0.3, -0.25) is 0 Å². The predicted octanol–water partition coefficient (Wildman–Crippen LogP) is 2.55. The van der Waals surface area contributed by atoms with Gasteiger partial charge in [0.15, 0.2) is 5.69 Å². The van der Waals surface area contributed by atoms with Gasteiger partial charge >= 0.3 is 5.97 Å². The Morgan fingerprint density at radius 2 is 2.15 bits per heavy atom. The summed E-state index contributed by atoms with van der Waals surface area (Å²) in [5.41, 5.74) is 3.03. The number of ether oxygens (including phenoxy) is 1. The molecule has 0 N–H and O–H groups in total. The Morgan fingerprint density at radius 3 is 2.80 bits per heavy atom. The number of hydrogen-bond donors (Lipinski definition) is 0. The van der Waals surface area contributed by atoms with Crippen molar-refractivity contribution in [2.24, 2.45) is 0 Å². The molecule has 5 nitrogen and oxygen atoms in total. The minimum atomic E-state index is -0.487. The molecule has 2 rings (SSSR count). The van der Waals surface area contributed by atoms with Gasteiger partial charge in [-0.05, 0) is 25.0 Å². The number of rotatable bonds is 5. The van der Waals surface area contributed by atoms with Gasteiger partial charge in [0.25, 0.3) is 0 Å². The van der Waals surface area contributed by atoms with Gasteiger partial charge in [0.2, 0.25) is 0 Å². The largest absolute Gasteiger partial charge is 0.461 e. The molecular weight excluding hydrogens is 278 g/mol. The van der Waals surface area contributed by atoms with Gasteiger partial charge in [-0.25, -0.2) is 9.48 Å². The van der Waals surface area contributed by atoms with Crippen LogP contribution in [-0.2, 0) is 17.2 Å². The van der Waals surface area contributed by atoms with Crippen molar-refractivity contribution in [3.63, 3.8) is 0 Å². The first kappa shape index (κ1) is 14.5. The van der Waals surface area contributed by atoms with E-state index in [4.69, 9.17) is 16.3 Å². The Kier molecular flexibility index (Phi) is 4.74. The fourth-order valence-corrected chi connectivity index (χ4v) is 2.16. The summed E-state index contributed by atoms with van der Waals surface area (Å²) in [6.07, 6.45) is 0.